The minimum Gasteiger partial charge on any atom is -0.479 e. The van der Waals surface area contributed by atoms with Gasteiger partial charge in [-0.1, -0.05) is 0 Å². The molecule has 0 aromatic carbocycles. The summed E-state index contributed by atoms with van der Waals surface area (Å²) in [6, 6.07) is -0.465. The largest absolute Gasteiger partial charge is 0.479 e. The van der Waals surface area contributed by atoms with E-state index in [4.69, 9.17) is 14.9 Å². The molecule has 1 saturated heterocycles. The highest BCUT2D eigenvalue weighted by Crippen LogP contribution is 2.15. The van der Waals surface area contributed by atoms with Crippen LogP contribution in [0.3, 0.4) is 0 Å². The lowest BCUT2D eigenvalue weighted by Crippen LogP contribution is -2.46. The quantitative estimate of drug-likeness (QED) is 0.524. The Morgan fingerprint density at radius 3 is 2.78 bits per heavy atom. The number of carbonyl (C=O) groups excluding carboxylic acids is 1. The summed E-state index contributed by atoms with van der Waals surface area (Å²) >= 11 is 0. The first-order chi connectivity index (χ1) is 8.50. The molecule has 0 aromatic rings. The van der Waals surface area contributed by atoms with Crippen LogP contribution in [0.25, 0.3) is 0 Å². The summed E-state index contributed by atoms with van der Waals surface area (Å²) in [6.45, 7) is 2.70. The molecule has 18 heavy (non-hydrogen) atoms. The minimum atomic E-state index is -1.44. The van der Waals surface area contributed by atoms with E-state index in [9.17, 15) is 9.59 Å². The maximum absolute atomic E-state index is 11.5. The molecule has 7 heteroatoms. The van der Waals surface area contributed by atoms with E-state index in [-0.39, 0.29) is 31.1 Å². The molecule has 1 heterocycles. The van der Waals surface area contributed by atoms with Crippen molar-refractivity contribution in [2.75, 3.05) is 13.2 Å². The van der Waals surface area contributed by atoms with Crippen molar-refractivity contribution < 1.29 is 24.5 Å². The van der Waals surface area contributed by atoms with Crippen LogP contribution in [-0.2, 0) is 9.53 Å². The third kappa shape index (κ3) is 4.89. The van der Waals surface area contributed by atoms with Gasteiger partial charge in [-0.2, -0.15) is 0 Å². The predicted molar refractivity (Wildman–Crippen MR) is 63.2 cm³/mol. The fraction of sp³-hybridized carbons (Fsp3) is 0.818. The lowest BCUT2D eigenvalue weighted by Gasteiger charge is -2.20. The summed E-state index contributed by atoms with van der Waals surface area (Å²) in [7, 11) is 0. The highest BCUT2D eigenvalue weighted by atomic mass is 16.5. The SMILES string of the molecule is CC(NC(=O)NCC[C@H](O)C(=O)O)C1CCCO1. The smallest absolute Gasteiger partial charge is 0.332 e. The lowest BCUT2D eigenvalue weighted by molar-refractivity contribution is -0.146. The predicted octanol–water partition coefficient (Wildman–Crippen LogP) is -0.311. The van der Waals surface area contributed by atoms with Crippen molar-refractivity contribution in [3.63, 3.8) is 0 Å². The number of aliphatic hydroxyl groups is 1. The Hall–Kier alpha value is -1.34. The van der Waals surface area contributed by atoms with E-state index in [1.165, 1.54) is 0 Å². The summed E-state index contributed by atoms with van der Waals surface area (Å²) in [4.78, 5) is 21.8. The zero-order valence-electron chi connectivity index (χ0n) is 10.4. The van der Waals surface area contributed by atoms with Crippen molar-refractivity contribution in [3.8, 4) is 0 Å². The molecule has 7 nitrogen and oxygen atoms in total. The number of ether oxygens (including phenoxy) is 1. The molecule has 1 aliphatic rings. The molecule has 0 aromatic heterocycles. The molecule has 0 aliphatic carbocycles. The maximum atomic E-state index is 11.5. The van der Waals surface area contributed by atoms with E-state index in [0.29, 0.717) is 0 Å². The lowest BCUT2D eigenvalue weighted by atomic mass is 10.1. The van der Waals surface area contributed by atoms with Crippen LogP contribution in [-0.4, -0.2) is 53.6 Å². The number of carbonyl (C=O) groups is 2. The fourth-order valence-corrected chi connectivity index (χ4v) is 1.79. The number of urea groups is 1. The molecule has 104 valence electrons. The second-order valence-corrected chi connectivity index (χ2v) is 4.38. The zero-order chi connectivity index (χ0) is 13.5. The van der Waals surface area contributed by atoms with Crippen molar-refractivity contribution in [2.24, 2.45) is 0 Å². The molecule has 1 fully saturated rings. The monoisotopic (exact) mass is 260 g/mol. The molecule has 3 atom stereocenters. The Kier molecular flexibility index (Phi) is 5.87. The Bertz CT molecular complexity index is 291. The van der Waals surface area contributed by atoms with Crippen molar-refractivity contribution in [3.05, 3.63) is 0 Å². The number of amides is 2. The Morgan fingerprint density at radius 2 is 2.22 bits per heavy atom. The van der Waals surface area contributed by atoms with Crippen LogP contribution >= 0.6 is 0 Å². The van der Waals surface area contributed by atoms with Crippen LogP contribution in [0.5, 0.6) is 0 Å². The van der Waals surface area contributed by atoms with Gasteiger partial charge in [-0.25, -0.2) is 9.59 Å². The first-order valence-electron chi connectivity index (χ1n) is 6.07. The number of carboxylic acid groups (broad SMARTS) is 1. The highest BCUT2D eigenvalue weighted by molar-refractivity contribution is 5.74. The normalized spacial score (nSPS) is 22.2. The standard InChI is InChI=1S/C11H20N2O5/c1-7(9-3-2-6-18-9)13-11(17)12-5-4-8(14)10(15)16/h7-9,14H,2-6H2,1H3,(H,15,16)(H2,12,13,17)/t7?,8-,9?/m0/s1. The molecule has 2 amide bonds. The fourth-order valence-electron chi connectivity index (χ4n) is 1.79. The third-order valence-corrected chi connectivity index (χ3v) is 2.87. The second kappa shape index (κ2) is 7.17. The molecule has 4 N–H and O–H groups in total. The number of rotatable bonds is 6. The Labute approximate surface area is 106 Å². The first-order valence-corrected chi connectivity index (χ1v) is 6.07. The van der Waals surface area contributed by atoms with Crippen molar-refractivity contribution >= 4 is 12.0 Å². The number of carboxylic acids is 1. The molecule has 1 aliphatic heterocycles. The van der Waals surface area contributed by atoms with Gasteiger partial charge in [0, 0.05) is 19.6 Å². The van der Waals surface area contributed by atoms with Crippen LogP contribution in [0.2, 0.25) is 0 Å². The molecular formula is C11H20N2O5. The van der Waals surface area contributed by atoms with Crippen LogP contribution < -0.4 is 10.6 Å². The summed E-state index contributed by atoms with van der Waals surface area (Å²) in [6.07, 6.45) is 0.514. The van der Waals surface area contributed by atoms with Crippen molar-refractivity contribution in [1.82, 2.24) is 10.6 Å². The molecule has 0 radical (unpaired) electrons. The molecule has 1 rings (SSSR count). The molecule has 0 bridgehead atoms. The number of aliphatic hydroxyl groups excluding tert-OH is 1. The second-order valence-electron chi connectivity index (χ2n) is 4.38. The Morgan fingerprint density at radius 1 is 1.50 bits per heavy atom. The van der Waals surface area contributed by atoms with E-state index in [1.807, 2.05) is 6.92 Å². The van der Waals surface area contributed by atoms with Crippen LogP contribution in [0, 0.1) is 0 Å². The average Bonchev–Trinajstić information content (AvgIpc) is 2.81. The summed E-state index contributed by atoms with van der Waals surface area (Å²) in [5.41, 5.74) is 0. The van der Waals surface area contributed by atoms with E-state index in [1.54, 1.807) is 0 Å². The van der Waals surface area contributed by atoms with E-state index >= 15 is 0 Å². The van der Waals surface area contributed by atoms with Gasteiger partial charge in [0.15, 0.2) is 6.10 Å². The van der Waals surface area contributed by atoms with Crippen molar-refractivity contribution in [2.45, 2.75) is 44.4 Å². The van der Waals surface area contributed by atoms with E-state index in [0.717, 1.165) is 19.4 Å². The van der Waals surface area contributed by atoms with Gasteiger partial charge in [0.1, 0.15) is 0 Å². The van der Waals surface area contributed by atoms with Gasteiger partial charge < -0.3 is 25.6 Å². The molecule has 0 spiro atoms. The van der Waals surface area contributed by atoms with Gasteiger partial charge in [-0.3, -0.25) is 0 Å². The maximum Gasteiger partial charge on any atom is 0.332 e. The summed E-state index contributed by atoms with van der Waals surface area (Å²) < 4.78 is 5.43. The molecule has 0 saturated carbocycles. The van der Waals surface area contributed by atoms with E-state index < -0.39 is 12.1 Å². The van der Waals surface area contributed by atoms with Gasteiger partial charge in [0.25, 0.3) is 0 Å². The van der Waals surface area contributed by atoms with Crippen molar-refractivity contribution in [1.29, 1.82) is 0 Å². The van der Waals surface area contributed by atoms with Crippen LogP contribution in [0.4, 0.5) is 4.79 Å². The minimum absolute atomic E-state index is 0.0168. The first kappa shape index (κ1) is 14.7. The van der Waals surface area contributed by atoms with E-state index in [2.05, 4.69) is 10.6 Å². The van der Waals surface area contributed by atoms with Gasteiger partial charge >= 0.3 is 12.0 Å². The summed E-state index contributed by atoms with van der Waals surface area (Å²) in [5, 5.41) is 22.7. The van der Waals surface area contributed by atoms with Gasteiger partial charge in [-0.15, -0.1) is 0 Å². The zero-order valence-corrected chi connectivity index (χ0v) is 10.4. The molecular weight excluding hydrogens is 240 g/mol. The molecule has 2 unspecified atom stereocenters. The average molecular weight is 260 g/mol. The Balaban J connectivity index is 2.15. The number of hydrogen-bond acceptors (Lipinski definition) is 4. The van der Waals surface area contributed by atoms with Crippen LogP contribution in [0.1, 0.15) is 26.2 Å². The topological polar surface area (TPSA) is 108 Å². The highest BCUT2D eigenvalue weighted by Gasteiger charge is 2.23. The number of nitrogens with one attached hydrogen (secondary N) is 2. The van der Waals surface area contributed by atoms with Gasteiger partial charge in [0.2, 0.25) is 0 Å². The third-order valence-electron chi connectivity index (χ3n) is 2.87. The number of hydrogen-bond donors (Lipinski definition) is 4. The van der Waals surface area contributed by atoms with Crippen LogP contribution in [0.15, 0.2) is 0 Å². The summed E-state index contributed by atoms with van der Waals surface area (Å²) in [5.74, 6) is -1.29. The number of aliphatic carboxylic acids is 1. The van der Waals surface area contributed by atoms with Gasteiger partial charge in [0.05, 0.1) is 12.1 Å². The van der Waals surface area contributed by atoms with Gasteiger partial charge in [-0.05, 0) is 19.8 Å².